The van der Waals surface area contributed by atoms with Crippen LogP contribution in [0.15, 0.2) is 5.11 Å². The van der Waals surface area contributed by atoms with E-state index in [0.29, 0.717) is 25.3 Å². The maximum Gasteiger partial charge on any atom is 0.164 e. The van der Waals surface area contributed by atoms with Gasteiger partial charge in [-0.15, -0.1) is 0 Å². The van der Waals surface area contributed by atoms with E-state index < -0.39 is 9.84 Å². The van der Waals surface area contributed by atoms with E-state index in [1.165, 1.54) is 6.26 Å². The molecule has 0 aromatic rings. The van der Waals surface area contributed by atoms with Crippen molar-refractivity contribution in [3.8, 4) is 0 Å². The van der Waals surface area contributed by atoms with Crippen LogP contribution in [0.2, 0.25) is 0 Å². The molecule has 1 atom stereocenters. The Morgan fingerprint density at radius 3 is 3.00 bits per heavy atom. The Bertz CT molecular complexity index is 364. The smallest absolute Gasteiger partial charge is 0.164 e. The zero-order valence-corrected chi connectivity index (χ0v) is 10.9. The van der Waals surface area contributed by atoms with Crippen LogP contribution < -0.4 is 0 Å². The third kappa shape index (κ3) is 4.21. The average Bonchev–Trinajstić information content (AvgIpc) is 2.24. The molecular formula is C8H16N4O2S2. The molecule has 0 aromatic carbocycles. The Balaban J connectivity index is 2.51. The minimum Gasteiger partial charge on any atom is -0.286 e. The molecule has 0 aromatic heterocycles. The van der Waals surface area contributed by atoms with Gasteiger partial charge in [0.05, 0.1) is 0 Å². The molecule has 0 radical (unpaired) electrons. The molecule has 0 bridgehead atoms. The van der Waals surface area contributed by atoms with Crippen LogP contribution in [-0.2, 0) is 9.84 Å². The normalized spacial score (nSPS) is 22.7. The lowest BCUT2D eigenvalue weighted by molar-refractivity contribution is 0.269. The van der Waals surface area contributed by atoms with E-state index in [4.69, 9.17) is 5.53 Å². The standard InChI is InChI=1S/C8H16N4O2S2/c1-16(13,14)8-7-15-6-5-12(8)4-2-3-10-11-9/h8H,2-7H2,1H3. The molecule has 1 rings (SSSR count). The predicted octanol–water partition coefficient (Wildman–Crippen LogP) is 1.11. The third-order valence-electron chi connectivity index (χ3n) is 2.45. The zero-order valence-electron chi connectivity index (χ0n) is 9.24. The molecule has 1 aliphatic heterocycles. The van der Waals surface area contributed by atoms with Crippen molar-refractivity contribution in [2.24, 2.45) is 5.11 Å². The molecule has 92 valence electrons. The maximum absolute atomic E-state index is 11.5. The van der Waals surface area contributed by atoms with Gasteiger partial charge < -0.3 is 0 Å². The number of rotatable bonds is 5. The van der Waals surface area contributed by atoms with Crippen molar-refractivity contribution in [3.05, 3.63) is 10.4 Å². The van der Waals surface area contributed by atoms with E-state index in [9.17, 15) is 8.42 Å². The SMILES string of the molecule is CS(=O)(=O)C1CSCCN1CCCN=[N+]=[N-]. The summed E-state index contributed by atoms with van der Waals surface area (Å²) in [6.07, 6.45) is 1.99. The molecule has 8 heteroatoms. The van der Waals surface area contributed by atoms with Crippen LogP contribution in [0.4, 0.5) is 0 Å². The van der Waals surface area contributed by atoms with Crippen LogP contribution in [0.3, 0.4) is 0 Å². The average molecular weight is 264 g/mol. The number of thioether (sulfide) groups is 1. The fourth-order valence-electron chi connectivity index (χ4n) is 1.65. The van der Waals surface area contributed by atoms with Gasteiger partial charge in [-0.25, -0.2) is 8.42 Å². The first-order valence-electron chi connectivity index (χ1n) is 5.07. The van der Waals surface area contributed by atoms with Crippen molar-refractivity contribution in [2.75, 3.05) is 37.4 Å². The molecule has 1 fully saturated rings. The summed E-state index contributed by atoms with van der Waals surface area (Å²) in [5.74, 6) is 1.61. The van der Waals surface area contributed by atoms with Crippen molar-refractivity contribution >= 4 is 21.6 Å². The van der Waals surface area contributed by atoms with E-state index >= 15 is 0 Å². The van der Waals surface area contributed by atoms with Crippen LogP contribution in [0, 0.1) is 0 Å². The lowest BCUT2D eigenvalue weighted by Crippen LogP contribution is -2.47. The summed E-state index contributed by atoms with van der Waals surface area (Å²) in [4.78, 5) is 4.64. The minimum atomic E-state index is -3.02. The molecule has 1 aliphatic rings. The van der Waals surface area contributed by atoms with Gasteiger partial charge in [0.25, 0.3) is 0 Å². The fourth-order valence-corrected chi connectivity index (χ4v) is 4.63. The summed E-state index contributed by atoms with van der Waals surface area (Å²) in [6.45, 7) is 1.90. The minimum absolute atomic E-state index is 0.377. The summed E-state index contributed by atoms with van der Waals surface area (Å²) in [7, 11) is -3.02. The van der Waals surface area contributed by atoms with Crippen LogP contribution >= 0.6 is 11.8 Å². The van der Waals surface area contributed by atoms with Gasteiger partial charge in [-0.05, 0) is 18.5 Å². The van der Waals surface area contributed by atoms with Crippen molar-refractivity contribution in [3.63, 3.8) is 0 Å². The van der Waals surface area contributed by atoms with Crippen molar-refractivity contribution < 1.29 is 8.42 Å². The van der Waals surface area contributed by atoms with E-state index in [-0.39, 0.29) is 5.37 Å². The number of azide groups is 1. The van der Waals surface area contributed by atoms with E-state index in [1.807, 2.05) is 4.90 Å². The molecule has 1 saturated heterocycles. The van der Waals surface area contributed by atoms with Crippen LogP contribution in [0.25, 0.3) is 10.4 Å². The van der Waals surface area contributed by atoms with Gasteiger partial charge in [0.1, 0.15) is 5.37 Å². The van der Waals surface area contributed by atoms with E-state index in [2.05, 4.69) is 10.0 Å². The van der Waals surface area contributed by atoms with Gasteiger partial charge in [0, 0.05) is 35.8 Å². The van der Waals surface area contributed by atoms with E-state index in [1.54, 1.807) is 11.8 Å². The van der Waals surface area contributed by atoms with Gasteiger partial charge in [-0.1, -0.05) is 5.11 Å². The Kier molecular flexibility index (Phi) is 5.40. The molecule has 16 heavy (non-hydrogen) atoms. The van der Waals surface area contributed by atoms with Gasteiger partial charge in [0.2, 0.25) is 0 Å². The Labute approximate surface area is 99.9 Å². The molecule has 0 N–H and O–H groups in total. The summed E-state index contributed by atoms with van der Waals surface area (Å²) in [5.41, 5.74) is 8.13. The topological polar surface area (TPSA) is 86.1 Å². The molecular weight excluding hydrogens is 248 g/mol. The van der Waals surface area contributed by atoms with Crippen LogP contribution in [-0.4, -0.2) is 56.1 Å². The maximum atomic E-state index is 11.5. The highest BCUT2D eigenvalue weighted by Crippen LogP contribution is 2.20. The highest BCUT2D eigenvalue weighted by molar-refractivity contribution is 8.00. The fraction of sp³-hybridized carbons (Fsp3) is 1.00. The second kappa shape index (κ2) is 6.34. The van der Waals surface area contributed by atoms with Crippen molar-refractivity contribution in [1.82, 2.24) is 4.90 Å². The molecule has 0 saturated carbocycles. The van der Waals surface area contributed by atoms with Gasteiger partial charge >= 0.3 is 0 Å². The summed E-state index contributed by atoms with van der Waals surface area (Å²) in [6, 6.07) is 0. The number of hydrogen-bond donors (Lipinski definition) is 0. The first-order chi connectivity index (χ1) is 7.55. The quantitative estimate of drug-likeness (QED) is 0.322. The summed E-state index contributed by atoms with van der Waals surface area (Å²) >= 11 is 1.67. The molecule has 1 unspecified atom stereocenters. The molecule has 1 heterocycles. The largest absolute Gasteiger partial charge is 0.286 e. The molecule has 0 spiro atoms. The van der Waals surface area contributed by atoms with Crippen LogP contribution in [0.5, 0.6) is 0 Å². The summed E-state index contributed by atoms with van der Waals surface area (Å²) < 4.78 is 23.1. The first-order valence-corrected chi connectivity index (χ1v) is 8.18. The Morgan fingerprint density at radius 1 is 1.62 bits per heavy atom. The lowest BCUT2D eigenvalue weighted by Gasteiger charge is -2.33. The molecule has 0 amide bonds. The van der Waals surface area contributed by atoms with Crippen LogP contribution in [0.1, 0.15) is 6.42 Å². The van der Waals surface area contributed by atoms with Crippen molar-refractivity contribution in [2.45, 2.75) is 11.8 Å². The third-order valence-corrected chi connectivity index (χ3v) is 5.14. The highest BCUT2D eigenvalue weighted by atomic mass is 32.2. The Hall–Kier alpha value is -0.430. The van der Waals surface area contributed by atoms with Gasteiger partial charge in [0.15, 0.2) is 9.84 Å². The number of nitrogens with zero attached hydrogens (tertiary/aromatic N) is 4. The zero-order chi connectivity index (χ0) is 12.0. The molecule has 0 aliphatic carbocycles. The van der Waals surface area contributed by atoms with Gasteiger partial charge in [-0.2, -0.15) is 11.8 Å². The predicted molar refractivity (Wildman–Crippen MR) is 66.2 cm³/mol. The van der Waals surface area contributed by atoms with E-state index in [0.717, 1.165) is 12.3 Å². The lowest BCUT2D eigenvalue weighted by atomic mass is 10.3. The monoisotopic (exact) mass is 264 g/mol. The van der Waals surface area contributed by atoms with Crippen molar-refractivity contribution in [1.29, 1.82) is 0 Å². The highest BCUT2D eigenvalue weighted by Gasteiger charge is 2.30. The first kappa shape index (κ1) is 13.6. The molecule has 6 nitrogen and oxygen atoms in total. The number of hydrogen-bond acceptors (Lipinski definition) is 5. The second-order valence-corrected chi connectivity index (χ2v) is 7.06. The number of sulfone groups is 1. The summed E-state index contributed by atoms with van der Waals surface area (Å²) in [5, 5.41) is 3.07. The Morgan fingerprint density at radius 2 is 2.38 bits per heavy atom. The van der Waals surface area contributed by atoms with Gasteiger partial charge in [-0.3, -0.25) is 4.90 Å². The second-order valence-electron chi connectivity index (χ2n) is 3.70.